The molecule has 2 heterocycles. The summed E-state index contributed by atoms with van der Waals surface area (Å²) in [5.41, 5.74) is 2.16. The highest BCUT2D eigenvalue weighted by atomic mass is 32.1. The van der Waals surface area contributed by atoms with Gasteiger partial charge < -0.3 is 14.9 Å². The summed E-state index contributed by atoms with van der Waals surface area (Å²) in [6.45, 7) is 5.70. The lowest BCUT2D eigenvalue weighted by Gasteiger charge is -2.37. The number of piperazine rings is 1. The van der Waals surface area contributed by atoms with Gasteiger partial charge >= 0.3 is 0 Å². The number of para-hydroxylation sites is 1. The summed E-state index contributed by atoms with van der Waals surface area (Å²) in [6, 6.07) is 8.13. The summed E-state index contributed by atoms with van der Waals surface area (Å²) in [5, 5.41) is 13.0. The first-order chi connectivity index (χ1) is 9.75. The first-order valence-electron chi connectivity index (χ1n) is 6.92. The van der Waals surface area contributed by atoms with Gasteiger partial charge in [-0.15, -0.1) is 11.3 Å². The standard InChI is InChI=1S/C15H19N3OS/c1-12(19)13-4-2-3-5-14(13)17-7-9-18(10-8-17)15-16-6-11-20-15/h2-6,11-12,19H,7-10H2,1H3/t12-/m1/s1. The van der Waals surface area contributed by atoms with E-state index >= 15 is 0 Å². The number of aliphatic hydroxyl groups excluding tert-OH is 1. The molecule has 2 aromatic rings. The van der Waals surface area contributed by atoms with Crippen LogP contribution < -0.4 is 9.80 Å². The minimum Gasteiger partial charge on any atom is -0.389 e. The highest BCUT2D eigenvalue weighted by Crippen LogP contribution is 2.28. The number of benzene rings is 1. The Labute approximate surface area is 123 Å². The summed E-state index contributed by atoms with van der Waals surface area (Å²) in [7, 11) is 0. The fourth-order valence-corrected chi connectivity index (χ4v) is 3.34. The van der Waals surface area contributed by atoms with Gasteiger partial charge in [-0.05, 0) is 13.0 Å². The van der Waals surface area contributed by atoms with Crippen molar-refractivity contribution in [3.63, 3.8) is 0 Å². The van der Waals surface area contributed by atoms with Crippen LogP contribution >= 0.6 is 11.3 Å². The molecule has 0 radical (unpaired) electrons. The van der Waals surface area contributed by atoms with Gasteiger partial charge in [-0.1, -0.05) is 18.2 Å². The molecule has 0 bridgehead atoms. The van der Waals surface area contributed by atoms with E-state index in [0.29, 0.717) is 0 Å². The number of anilines is 2. The lowest BCUT2D eigenvalue weighted by Crippen LogP contribution is -2.46. The molecule has 0 spiro atoms. The van der Waals surface area contributed by atoms with Gasteiger partial charge in [-0.3, -0.25) is 0 Å². The van der Waals surface area contributed by atoms with E-state index in [1.807, 2.05) is 36.7 Å². The molecule has 4 nitrogen and oxygen atoms in total. The lowest BCUT2D eigenvalue weighted by molar-refractivity contribution is 0.199. The van der Waals surface area contributed by atoms with Crippen LogP contribution in [0.4, 0.5) is 10.8 Å². The zero-order chi connectivity index (χ0) is 13.9. The van der Waals surface area contributed by atoms with Crippen molar-refractivity contribution >= 4 is 22.2 Å². The van der Waals surface area contributed by atoms with E-state index in [4.69, 9.17) is 0 Å². The van der Waals surface area contributed by atoms with Crippen LogP contribution in [-0.4, -0.2) is 36.3 Å². The van der Waals surface area contributed by atoms with Gasteiger partial charge in [0.1, 0.15) is 0 Å². The van der Waals surface area contributed by atoms with Crippen LogP contribution in [0.2, 0.25) is 0 Å². The quantitative estimate of drug-likeness (QED) is 0.942. The summed E-state index contributed by atoms with van der Waals surface area (Å²) < 4.78 is 0. The van der Waals surface area contributed by atoms with Gasteiger partial charge in [-0.2, -0.15) is 0 Å². The molecule has 5 heteroatoms. The fourth-order valence-electron chi connectivity index (χ4n) is 2.64. The molecule has 20 heavy (non-hydrogen) atoms. The van der Waals surface area contributed by atoms with Crippen molar-refractivity contribution < 1.29 is 5.11 Å². The molecule has 0 amide bonds. The molecule has 0 saturated carbocycles. The Hall–Kier alpha value is -1.59. The molecule has 1 atom stereocenters. The number of aromatic nitrogens is 1. The largest absolute Gasteiger partial charge is 0.389 e. The maximum Gasteiger partial charge on any atom is 0.185 e. The van der Waals surface area contributed by atoms with Crippen LogP contribution in [0.1, 0.15) is 18.6 Å². The second-order valence-corrected chi connectivity index (χ2v) is 5.90. The van der Waals surface area contributed by atoms with E-state index in [1.165, 1.54) is 0 Å². The Bertz CT molecular complexity index is 548. The molecule has 1 aliphatic heterocycles. The van der Waals surface area contributed by atoms with Crippen LogP contribution in [0.3, 0.4) is 0 Å². The molecular weight excluding hydrogens is 270 g/mol. The van der Waals surface area contributed by atoms with E-state index in [2.05, 4.69) is 20.9 Å². The van der Waals surface area contributed by atoms with Crippen molar-refractivity contribution in [2.24, 2.45) is 0 Å². The average molecular weight is 289 g/mol. The lowest BCUT2D eigenvalue weighted by atomic mass is 10.1. The summed E-state index contributed by atoms with van der Waals surface area (Å²) in [6.07, 6.45) is 1.43. The second kappa shape index (κ2) is 5.81. The van der Waals surface area contributed by atoms with Crippen molar-refractivity contribution in [3.05, 3.63) is 41.4 Å². The molecule has 1 fully saturated rings. The smallest absolute Gasteiger partial charge is 0.185 e. The summed E-state index contributed by atoms with van der Waals surface area (Å²) >= 11 is 1.69. The zero-order valence-electron chi connectivity index (χ0n) is 11.6. The van der Waals surface area contributed by atoms with Crippen molar-refractivity contribution in [1.82, 2.24) is 4.98 Å². The molecule has 3 rings (SSSR count). The van der Waals surface area contributed by atoms with Gasteiger partial charge in [-0.25, -0.2) is 4.98 Å². The molecule has 1 saturated heterocycles. The normalized spacial score (nSPS) is 17.3. The topological polar surface area (TPSA) is 39.6 Å². The number of nitrogens with zero attached hydrogens (tertiary/aromatic N) is 3. The minimum absolute atomic E-state index is 0.428. The molecule has 0 aliphatic carbocycles. The highest BCUT2D eigenvalue weighted by molar-refractivity contribution is 7.13. The Morgan fingerprint density at radius 1 is 1.15 bits per heavy atom. The minimum atomic E-state index is -0.428. The van der Waals surface area contributed by atoms with Crippen LogP contribution in [-0.2, 0) is 0 Å². The third-order valence-corrected chi connectivity index (χ3v) is 4.53. The van der Waals surface area contributed by atoms with E-state index in [9.17, 15) is 5.11 Å². The van der Waals surface area contributed by atoms with Gasteiger partial charge in [0.2, 0.25) is 0 Å². The number of hydrogen-bond acceptors (Lipinski definition) is 5. The average Bonchev–Trinajstić information content (AvgIpc) is 3.02. The van der Waals surface area contributed by atoms with Crippen LogP contribution in [0.25, 0.3) is 0 Å². The number of rotatable bonds is 3. The second-order valence-electron chi connectivity index (χ2n) is 5.02. The Kier molecular flexibility index (Phi) is 3.89. The molecule has 1 aromatic carbocycles. The zero-order valence-corrected chi connectivity index (χ0v) is 12.4. The third-order valence-electron chi connectivity index (χ3n) is 3.70. The molecule has 1 aliphatic rings. The molecule has 106 valence electrons. The SMILES string of the molecule is C[C@@H](O)c1ccccc1N1CCN(c2nccs2)CC1. The predicted molar refractivity (Wildman–Crippen MR) is 83.6 cm³/mol. The maximum atomic E-state index is 9.89. The highest BCUT2D eigenvalue weighted by Gasteiger charge is 2.21. The molecule has 0 unspecified atom stereocenters. The fraction of sp³-hybridized carbons (Fsp3) is 0.400. The molecule has 1 aromatic heterocycles. The van der Waals surface area contributed by atoms with Gasteiger partial charge in [0, 0.05) is 49.0 Å². The number of hydrogen-bond donors (Lipinski definition) is 1. The molecule has 1 N–H and O–H groups in total. The van der Waals surface area contributed by atoms with Crippen LogP contribution in [0.15, 0.2) is 35.8 Å². The van der Waals surface area contributed by atoms with Crippen molar-refractivity contribution in [2.45, 2.75) is 13.0 Å². The van der Waals surface area contributed by atoms with E-state index in [-0.39, 0.29) is 0 Å². The van der Waals surface area contributed by atoms with E-state index in [0.717, 1.165) is 42.6 Å². The van der Waals surface area contributed by atoms with Crippen LogP contribution in [0.5, 0.6) is 0 Å². The Balaban J connectivity index is 1.72. The third kappa shape index (κ3) is 2.64. The predicted octanol–water partition coefficient (Wildman–Crippen LogP) is 2.52. The Morgan fingerprint density at radius 3 is 2.50 bits per heavy atom. The summed E-state index contributed by atoms with van der Waals surface area (Å²) in [4.78, 5) is 9.05. The van der Waals surface area contributed by atoms with Gasteiger partial charge in [0.15, 0.2) is 5.13 Å². The summed E-state index contributed by atoms with van der Waals surface area (Å²) in [5.74, 6) is 0. The number of aliphatic hydroxyl groups is 1. The number of thiazole rings is 1. The van der Waals surface area contributed by atoms with Crippen molar-refractivity contribution in [2.75, 3.05) is 36.0 Å². The first kappa shape index (κ1) is 13.4. The van der Waals surface area contributed by atoms with Gasteiger partial charge in [0.05, 0.1) is 6.10 Å². The first-order valence-corrected chi connectivity index (χ1v) is 7.80. The Morgan fingerprint density at radius 2 is 1.85 bits per heavy atom. The van der Waals surface area contributed by atoms with Crippen LogP contribution in [0, 0.1) is 0 Å². The van der Waals surface area contributed by atoms with Gasteiger partial charge in [0.25, 0.3) is 0 Å². The van der Waals surface area contributed by atoms with E-state index in [1.54, 1.807) is 11.3 Å². The van der Waals surface area contributed by atoms with Crippen molar-refractivity contribution in [1.29, 1.82) is 0 Å². The molecular formula is C15H19N3OS. The monoisotopic (exact) mass is 289 g/mol. The van der Waals surface area contributed by atoms with Crippen molar-refractivity contribution in [3.8, 4) is 0 Å². The van der Waals surface area contributed by atoms with E-state index < -0.39 is 6.10 Å². The maximum absolute atomic E-state index is 9.89.